The number of aromatic nitrogens is 3. The van der Waals surface area contributed by atoms with Crippen LogP contribution >= 0.6 is 11.8 Å². The van der Waals surface area contributed by atoms with Crippen molar-refractivity contribution in [3.05, 3.63) is 102 Å². The molecular weight excluding hydrogens is 392 g/mol. The average molecular weight is 415 g/mol. The van der Waals surface area contributed by atoms with Crippen molar-refractivity contribution < 1.29 is 4.79 Å². The van der Waals surface area contributed by atoms with E-state index in [0.29, 0.717) is 5.16 Å². The van der Waals surface area contributed by atoms with Crippen molar-refractivity contribution >= 4 is 23.4 Å². The van der Waals surface area contributed by atoms with Crippen LogP contribution in [0.2, 0.25) is 0 Å². The number of nitrogens with zero attached hydrogens (tertiary/aromatic N) is 3. The molecule has 0 radical (unpaired) electrons. The zero-order chi connectivity index (χ0) is 20.9. The largest absolute Gasteiger partial charge is 0.325 e. The van der Waals surface area contributed by atoms with Crippen LogP contribution in [0.4, 0.5) is 5.69 Å². The molecule has 0 fully saturated rings. The van der Waals surface area contributed by atoms with Crippen LogP contribution in [0.3, 0.4) is 0 Å². The molecule has 0 aliphatic carbocycles. The zero-order valence-electron chi connectivity index (χ0n) is 16.8. The Bertz CT molecular complexity index is 1120. The molecule has 4 rings (SSSR count). The van der Waals surface area contributed by atoms with Gasteiger partial charge in [0.1, 0.15) is 11.6 Å². The Morgan fingerprint density at radius 3 is 2.23 bits per heavy atom. The van der Waals surface area contributed by atoms with Gasteiger partial charge in [0.2, 0.25) is 5.91 Å². The standard InChI is InChI=1S/C24H22N4OS/c1-17-13-18(2)15-20(14-17)26-23(29)22(19-9-5-3-6-10-19)30-24-27-25-16-28(24)21-11-7-4-8-12-21/h3-16,22H,1-2H3,(H,26,29)/t22-/m1/s1. The summed E-state index contributed by atoms with van der Waals surface area (Å²) in [5.74, 6) is -0.0983. The summed E-state index contributed by atoms with van der Waals surface area (Å²) in [5, 5.41) is 11.6. The lowest BCUT2D eigenvalue weighted by Gasteiger charge is -2.17. The van der Waals surface area contributed by atoms with E-state index < -0.39 is 5.25 Å². The molecule has 0 saturated heterocycles. The van der Waals surface area contributed by atoms with Crippen LogP contribution in [0.1, 0.15) is 21.9 Å². The number of nitrogens with one attached hydrogen (secondary N) is 1. The molecule has 150 valence electrons. The van der Waals surface area contributed by atoms with Crippen LogP contribution < -0.4 is 5.32 Å². The van der Waals surface area contributed by atoms with Gasteiger partial charge in [0.15, 0.2) is 5.16 Å². The molecule has 6 heteroatoms. The molecule has 4 aromatic rings. The Kier molecular flexibility index (Phi) is 5.95. The Morgan fingerprint density at radius 1 is 0.933 bits per heavy atom. The summed E-state index contributed by atoms with van der Waals surface area (Å²) in [6.45, 7) is 4.04. The minimum absolute atomic E-state index is 0.0983. The summed E-state index contributed by atoms with van der Waals surface area (Å²) < 4.78 is 1.89. The highest BCUT2D eigenvalue weighted by atomic mass is 32.2. The van der Waals surface area contributed by atoms with Crippen LogP contribution in [0.15, 0.2) is 90.3 Å². The van der Waals surface area contributed by atoms with Gasteiger partial charge in [0.05, 0.1) is 0 Å². The average Bonchev–Trinajstić information content (AvgIpc) is 3.21. The van der Waals surface area contributed by atoms with Crippen molar-refractivity contribution in [3.8, 4) is 5.69 Å². The number of rotatable bonds is 6. The van der Waals surface area contributed by atoms with Crippen molar-refractivity contribution in [3.63, 3.8) is 0 Å². The summed E-state index contributed by atoms with van der Waals surface area (Å²) in [6, 6.07) is 25.6. The maximum atomic E-state index is 13.3. The Balaban J connectivity index is 1.65. The van der Waals surface area contributed by atoms with Gasteiger partial charge in [-0.05, 0) is 54.8 Å². The van der Waals surface area contributed by atoms with Gasteiger partial charge in [0, 0.05) is 11.4 Å². The number of thioether (sulfide) groups is 1. The topological polar surface area (TPSA) is 59.8 Å². The van der Waals surface area contributed by atoms with Crippen LogP contribution in [-0.2, 0) is 4.79 Å². The highest BCUT2D eigenvalue weighted by molar-refractivity contribution is 8.00. The van der Waals surface area contributed by atoms with Crippen LogP contribution in [0, 0.1) is 13.8 Å². The molecule has 0 bridgehead atoms. The number of carbonyl (C=O) groups excluding carboxylic acids is 1. The van der Waals surface area contributed by atoms with Gasteiger partial charge in [-0.1, -0.05) is 66.4 Å². The van der Waals surface area contributed by atoms with Crippen LogP contribution in [-0.4, -0.2) is 20.7 Å². The van der Waals surface area contributed by atoms with Gasteiger partial charge < -0.3 is 5.32 Å². The number of anilines is 1. The predicted molar refractivity (Wildman–Crippen MR) is 121 cm³/mol. The summed E-state index contributed by atoms with van der Waals surface area (Å²) in [6.07, 6.45) is 1.67. The van der Waals surface area contributed by atoms with Crippen molar-refractivity contribution in [1.82, 2.24) is 14.8 Å². The SMILES string of the molecule is Cc1cc(C)cc(NC(=O)[C@H](Sc2nncn2-c2ccccc2)c2ccccc2)c1. The molecule has 1 atom stereocenters. The maximum absolute atomic E-state index is 13.3. The molecule has 0 aliphatic heterocycles. The molecule has 1 N–H and O–H groups in total. The van der Waals surface area contributed by atoms with E-state index in [1.807, 2.05) is 91.2 Å². The van der Waals surface area contributed by atoms with E-state index in [4.69, 9.17) is 0 Å². The Labute approximate surface area is 180 Å². The fourth-order valence-electron chi connectivity index (χ4n) is 3.33. The summed E-state index contributed by atoms with van der Waals surface area (Å²) in [7, 11) is 0. The monoisotopic (exact) mass is 414 g/mol. The van der Waals surface area contributed by atoms with Gasteiger partial charge in [-0.3, -0.25) is 9.36 Å². The number of para-hydroxylation sites is 1. The van der Waals surface area contributed by atoms with Crippen molar-refractivity contribution in [2.24, 2.45) is 0 Å². The number of aryl methyl sites for hydroxylation is 2. The first-order chi connectivity index (χ1) is 14.6. The van der Waals surface area contributed by atoms with Gasteiger partial charge in [0.25, 0.3) is 0 Å². The highest BCUT2D eigenvalue weighted by Crippen LogP contribution is 2.36. The number of carbonyl (C=O) groups is 1. The van der Waals surface area contributed by atoms with E-state index in [-0.39, 0.29) is 5.91 Å². The van der Waals surface area contributed by atoms with E-state index in [1.54, 1.807) is 6.33 Å². The second-order valence-electron chi connectivity index (χ2n) is 7.09. The molecule has 30 heavy (non-hydrogen) atoms. The molecule has 0 saturated carbocycles. The number of benzene rings is 3. The Hall–Kier alpha value is -3.38. The second kappa shape index (κ2) is 8.97. The third kappa shape index (κ3) is 4.60. The van der Waals surface area contributed by atoms with Crippen LogP contribution in [0.5, 0.6) is 0 Å². The molecule has 0 aliphatic rings. The first-order valence-electron chi connectivity index (χ1n) is 9.66. The molecule has 0 unspecified atom stereocenters. The molecular formula is C24H22N4OS. The fraction of sp³-hybridized carbons (Fsp3) is 0.125. The minimum Gasteiger partial charge on any atom is -0.325 e. The highest BCUT2D eigenvalue weighted by Gasteiger charge is 2.25. The van der Waals surface area contributed by atoms with Gasteiger partial charge >= 0.3 is 0 Å². The fourth-order valence-corrected chi connectivity index (χ4v) is 4.36. The molecule has 3 aromatic carbocycles. The lowest BCUT2D eigenvalue weighted by Crippen LogP contribution is -2.19. The first kappa shape index (κ1) is 19.9. The number of hydrogen-bond donors (Lipinski definition) is 1. The number of amides is 1. The zero-order valence-corrected chi connectivity index (χ0v) is 17.6. The van der Waals surface area contributed by atoms with Gasteiger partial charge in [-0.2, -0.15) is 0 Å². The van der Waals surface area contributed by atoms with Crippen molar-refractivity contribution in [2.75, 3.05) is 5.32 Å². The normalized spacial score (nSPS) is 11.8. The van der Waals surface area contributed by atoms with E-state index >= 15 is 0 Å². The second-order valence-corrected chi connectivity index (χ2v) is 8.17. The molecule has 5 nitrogen and oxygen atoms in total. The van der Waals surface area contributed by atoms with E-state index in [1.165, 1.54) is 11.8 Å². The van der Waals surface area contributed by atoms with Crippen LogP contribution in [0.25, 0.3) is 5.69 Å². The summed E-state index contributed by atoms with van der Waals surface area (Å²) >= 11 is 1.38. The van der Waals surface area contributed by atoms with Crippen molar-refractivity contribution in [2.45, 2.75) is 24.3 Å². The quantitative estimate of drug-likeness (QED) is 0.432. The van der Waals surface area contributed by atoms with E-state index in [9.17, 15) is 4.79 Å². The molecule has 0 spiro atoms. The van der Waals surface area contributed by atoms with Crippen molar-refractivity contribution in [1.29, 1.82) is 0 Å². The van der Waals surface area contributed by atoms with Gasteiger partial charge in [-0.15, -0.1) is 10.2 Å². The maximum Gasteiger partial charge on any atom is 0.242 e. The first-order valence-corrected chi connectivity index (χ1v) is 10.5. The molecule has 1 heterocycles. The smallest absolute Gasteiger partial charge is 0.242 e. The Morgan fingerprint density at radius 2 is 1.57 bits per heavy atom. The van der Waals surface area contributed by atoms with E-state index in [2.05, 4.69) is 21.6 Å². The third-order valence-electron chi connectivity index (χ3n) is 4.60. The minimum atomic E-state index is -0.473. The third-order valence-corrected chi connectivity index (χ3v) is 5.81. The molecule has 1 aromatic heterocycles. The predicted octanol–water partition coefficient (Wildman–Crippen LogP) is 5.36. The lowest BCUT2D eigenvalue weighted by atomic mass is 10.1. The molecule has 1 amide bonds. The lowest BCUT2D eigenvalue weighted by molar-refractivity contribution is -0.115. The summed E-state index contributed by atoms with van der Waals surface area (Å²) in [4.78, 5) is 13.3. The summed E-state index contributed by atoms with van der Waals surface area (Å²) in [5.41, 5.74) is 4.87. The number of hydrogen-bond acceptors (Lipinski definition) is 4. The van der Waals surface area contributed by atoms with E-state index in [0.717, 1.165) is 28.1 Å². The van der Waals surface area contributed by atoms with Gasteiger partial charge in [-0.25, -0.2) is 0 Å².